The quantitative estimate of drug-likeness (QED) is 0.810. The molecule has 0 heterocycles. The largest absolute Gasteiger partial charge is 0.416 e. The van der Waals surface area contributed by atoms with Gasteiger partial charge in [-0.2, -0.15) is 13.2 Å². The van der Waals surface area contributed by atoms with Gasteiger partial charge in [-0.25, -0.2) is 0 Å². The standard InChI is InChI=1S/C12H13ClF3N/c1-17-7-3-2-4-9-5-6-10(8-11(9)13)12(14,15)16/h2,4-6,8,17H,3,7H2,1H3. The molecule has 1 N–H and O–H groups in total. The summed E-state index contributed by atoms with van der Waals surface area (Å²) >= 11 is 5.78. The first-order valence-electron chi connectivity index (χ1n) is 5.13. The molecule has 1 aromatic rings. The topological polar surface area (TPSA) is 12.0 Å². The minimum Gasteiger partial charge on any atom is -0.319 e. The van der Waals surface area contributed by atoms with E-state index < -0.39 is 11.7 Å². The summed E-state index contributed by atoms with van der Waals surface area (Å²) in [6, 6.07) is 3.35. The normalized spacial score (nSPS) is 12.3. The first kappa shape index (κ1) is 14.1. The zero-order chi connectivity index (χ0) is 12.9. The Morgan fingerprint density at radius 3 is 2.59 bits per heavy atom. The number of alkyl halides is 3. The van der Waals surface area contributed by atoms with Crippen molar-refractivity contribution >= 4 is 17.7 Å². The molecule has 0 atom stereocenters. The maximum atomic E-state index is 12.4. The van der Waals surface area contributed by atoms with Crippen LogP contribution in [0.15, 0.2) is 24.3 Å². The Morgan fingerprint density at radius 1 is 1.35 bits per heavy atom. The lowest BCUT2D eigenvalue weighted by Crippen LogP contribution is -2.05. The van der Waals surface area contributed by atoms with Gasteiger partial charge in [-0.05, 0) is 37.7 Å². The third-order valence-electron chi connectivity index (χ3n) is 2.19. The van der Waals surface area contributed by atoms with E-state index in [1.54, 1.807) is 6.08 Å². The molecule has 0 saturated heterocycles. The highest BCUT2D eigenvalue weighted by atomic mass is 35.5. The van der Waals surface area contributed by atoms with Gasteiger partial charge < -0.3 is 5.32 Å². The molecule has 0 radical (unpaired) electrons. The van der Waals surface area contributed by atoms with Crippen molar-refractivity contribution in [3.63, 3.8) is 0 Å². The van der Waals surface area contributed by atoms with Gasteiger partial charge in [0.15, 0.2) is 0 Å². The second kappa shape index (κ2) is 6.07. The Morgan fingerprint density at radius 2 is 2.06 bits per heavy atom. The molecule has 0 unspecified atom stereocenters. The summed E-state index contributed by atoms with van der Waals surface area (Å²) in [7, 11) is 1.83. The van der Waals surface area contributed by atoms with Crippen molar-refractivity contribution in [1.82, 2.24) is 5.32 Å². The van der Waals surface area contributed by atoms with Crippen LogP contribution in [0.25, 0.3) is 6.08 Å². The van der Waals surface area contributed by atoms with Crippen LogP contribution in [0.1, 0.15) is 17.5 Å². The molecule has 0 aliphatic carbocycles. The van der Waals surface area contributed by atoms with Crippen LogP contribution in [0.2, 0.25) is 5.02 Å². The Hall–Kier alpha value is -1.00. The van der Waals surface area contributed by atoms with Gasteiger partial charge in [-0.15, -0.1) is 0 Å². The number of rotatable bonds is 4. The van der Waals surface area contributed by atoms with Gasteiger partial charge in [0, 0.05) is 5.02 Å². The fourth-order valence-corrected chi connectivity index (χ4v) is 1.52. The highest BCUT2D eigenvalue weighted by Crippen LogP contribution is 2.32. The van der Waals surface area contributed by atoms with E-state index in [0.29, 0.717) is 5.56 Å². The number of halogens is 4. The van der Waals surface area contributed by atoms with Crippen LogP contribution in [-0.2, 0) is 6.18 Å². The van der Waals surface area contributed by atoms with E-state index in [1.807, 2.05) is 13.1 Å². The van der Waals surface area contributed by atoms with Crippen LogP contribution in [0, 0.1) is 0 Å². The lowest BCUT2D eigenvalue weighted by molar-refractivity contribution is -0.137. The van der Waals surface area contributed by atoms with Crippen LogP contribution in [0.4, 0.5) is 13.2 Å². The molecule has 0 aliphatic heterocycles. The van der Waals surface area contributed by atoms with Gasteiger partial charge in [0.1, 0.15) is 0 Å². The molecule has 94 valence electrons. The zero-order valence-electron chi connectivity index (χ0n) is 9.31. The van der Waals surface area contributed by atoms with Gasteiger partial charge in [0.05, 0.1) is 5.56 Å². The highest BCUT2D eigenvalue weighted by Gasteiger charge is 2.30. The first-order valence-corrected chi connectivity index (χ1v) is 5.51. The van der Waals surface area contributed by atoms with Gasteiger partial charge >= 0.3 is 6.18 Å². The average molecular weight is 264 g/mol. The predicted octanol–water partition coefficient (Wildman–Crippen LogP) is 3.98. The molecule has 1 rings (SSSR count). The van der Waals surface area contributed by atoms with Crippen molar-refractivity contribution in [2.75, 3.05) is 13.6 Å². The molecule has 0 aromatic heterocycles. The molecule has 1 nitrogen and oxygen atoms in total. The summed E-state index contributed by atoms with van der Waals surface area (Å²) in [6.45, 7) is 0.814. The van der Waals surface area contributed by atoms with E-state index in [9.17, 15) is 13.2 Å². The van der Waals surface area contributed by atoms with Crippen LogP contribution in [0.3, 0.4) is 0 Å². The van der Waals surface area contributed by atoms with E-state index in [-0.39, 0.29) is 5.02 Å². The maximum Gasteiger partial charge on any atom is 0.416 e. The average Bonchev–Trinajstić information content (AvgIpc) is 2.24. The van der Waals surface area contributed by atoms with Crippen LogP contribution in [0.5, 0.6) is 0 Å². The van der Waals surface area contributed by atoms with Gasteiger partial charge in [-0.3, -0.25) is 0 Å². The van der Waals surface area contributed by atoms with Crippen LogP contribution < -0.4 is 5.32 Å². The lowest BCUT2D eigenvalue weighted by Gasteiger charge is -2.07. The highest BCUT2D eigenvalue weighted by molar-refractivity contribution is 6.32. The molecular formula is C12H13ClF3N. The molecule has 0 fully saturated rings. The van der Waals surface area contributed by atoms with E-state index in [1.165, 1.54) is 6.07 Å². The Labute approximate surface area is 103 Å². The summed E-state index contributed by atoms with van der Waals surface area (Å²) < 4.78 is 37.1. The molecule has 0 spiro atoms. The Bertz CT molecular complexity index is 399. The van der Waals surface area contributed by atoms with E-state index in [4.69, 9.17) is 11.6 Å². The number of benzene rings is 1. The molecular weight excluding hydrogens is 251 g/mol. The maximum absolute atomic E-state index is 12.4. The summed E-state index contributed by atoms with van der Waals surface area (Å²) in [5.74, 6) is 0. The molecule has 0 amide bonds. The second-order valence-electron chi connectivity index (χ2n) is 3.53. The van der Waals surface area contributed by atoms with Gasteiger partial charge in [0.2, 0.25) is 0 Å². The summed E-state index contributed by atoms with van der Waals surface area (Å²) in [5.41, 5.74) is -0.134. The van der Waals surface area contributed by atoms with E-state index in [0.717, 1.165) is 25.1 Å². The smallest absolute Gasteiger partial charge is 0.319 e. The molecule has 5 heteroatoms. The van der Waals surface area contributed by atoms with Gasteiger partial charge in [-0.1, -0.05) is 29.8 Å². The molecule has 17 heavy (non-hydrogen) atoms. The van der Waals surface area contributed by atoms with Crippen molar-refractivity contribution in [3.8, 4) is 0 Å². The van der Waals surface area contributed by atoms with Crippen molar-refractivity contribution in [2.45, 2.75) is 12.6 Å². The molecule has 1 aromatic carbocycles. The minimum absolute atomic E-state index is 0.112. The third-order valence-corrected chi connectivity index (χ3v) is 2.51. The Kier molecular flexibility index (Phi) is 5.02. The van der Waals surface area contributed by atoms with E-state index >= 15 is 0 Å². The van der Waals surface area contributed by atoms with Crippen molar-refractivity contribution in [2.24, 2.45) is 0 Å². The fourth-order valence-electron chi connectivity index (χ4n) is 1.28. The fraction of sp³-hybridized carbons (Fsp3) is 0.333. The number of hydrogen-bond acceptors (Lipinski definition) is 1. The number of hydrogen-bond donors (Lipinski definition) is 1. The monoisotopic (exact) mass is 263 g/mol. The first-order chi connectivity index (χ1) is 7.95. The molecule has 0 aliphatic rings. The zero-order valence-corrected chi connectivity index (χ0v) is 10.1. The predicted molar refractivity (Wildman–Crippen MR) is 64.0 cm³/mol. The number of nitrogens with one attached hydrogen (secondary N) is 1. The summed E-state index contributed by atoms with van der Waals surface area (Å²) in [6.07, 6.45) is 0.0384. The van der Waals surface area contributed by atoms with Gasteiger partial charge in [0.25, 0.3) is 0 Å². The van der Waals surface area contributed by atoms with Crippen molar-refractivity contribution < 1.29 is 13.2 Å². The Balaban J connectivity index is 2.80. The van der Waals surface area contributed by atoms with Crippen LogP contribution in [-0.4, -0.2) is 13.6 Å². The molecule has 0 bridgehead atoms. The van der Waals surface area contributed by atoms with E-state index in [2.05, 4.69) is 5.32 Å². The van der Waals surface area contributed by atoms with Crippen molar-refractivity contribution in [1.29, 1.82) is 0 Å². The summed E-state index contributed by atoms with van der Waals surface area (Å²) in [5, 5.41) is 3.08. The minimum atomic E-state index is -4.35. The summed E-state index contributed by atoms with van der Waals surface area (Å²) in [4.78, 5) is 0. The lowest BCUT2D eigenvalue weighted by atomic mass is 10.1. The van der Waals surface area contributed by atoms with Crippen molar-refractivity contribution in [3.05, 3.63) is 40.4 Å². The third kappa shape index (κ3) is 4.40. The molecule has 0 saturated carbocycles. The second-order valence-corrected chi connectivity index (χ2v) is 3.94. The van der Waals surface area contributed by atoms with Crippen LogP contribution >= 0.6 is 11.6 Å². The SMILES string of the molecule is CNCCC=Cc1ccc(C(F)(F)F)cc1Cl.